The average molecular weight is 437 g/mol. The molecule has 1 aliphatic rings. The first-order chi connectivity index (χ1) is 14.9. The van der Waals surface area contributed by atoms with Crippen molar-refractivity contribution in [1.82, 2.24) is 20.7 Å². The van der Waals surface area contributed by atoms with Crippen molar-refractivity contribution in [1.29, 1.82) is 0 Å². The molecule has 31 heavy (non-hydrogen) atoms. The molecule has 10 nitrogen and oxygen atoms in total. The number of methoxy groups -OCH3 is 3. The standard InChI is InChI=1S/C21H32N4O6/c1-6-24(7-2)21(28)25-10-8-14(9-11-25)19(26)22-23-20(27)15-12-16(29-3)18(31-5)17(13-15)30-4/h12-14H,6-11H2,1-5H3,(H,22,26)(H,23,27). The minimum Gasteiger partial charge on any atom is -0.493 e. The molecule has 0 radical (unpaired) electrons. The predicted octanol–water partition coefficient (Wildman–Crippen LogP) is 1.65. The van der Waals surface area contributed by atoms with E-state index in [0.717, 1.165) is 0 Å². The second-order valence-corrected chi connectivity index (χ2v) is 7.07. The zero-order chi connectivity index (χ0) is 23.0. The van der Waals surface area contributed by atoms with Gasteiger partial charge >= 0.3 is 6.03 Å². The van der Waals surface area contributed by atoms with Crippen molar-refractivity contribution in [3.05, 3.63) is 17.7 Å². The Hall–Kier alpha value is -3.17. The molecule has 0 atom stereocenters. The van der Waals surface area contributed by atoms with Gasteiger partial charge in [0.05, 0.1) is 21.3 Å². The van der Waals surface area contributed by atoms with Crippen LogP contribution in [-0.4, -0.2) is 75.2 Å². The minimum absolute atomic E-state index is 0.000406. The van der Waals surface area contributed by atoms with E-state index in [1.165, 1.54) is 33.5 Å². The SMILES string of the molecule is CCN(CC)C(=O)N1CCC(C(=O)NNC(=O)c2cc(OC)c(OC)c(OC)c2)CC1. The molecule has 1 saturated heterocycles. The second-order valence-electron chi connectivity index (χ2n) is 7.07. The van der Waals surface area contributed by atoms with E-state index in [2.05, 4.69) is 10.9 Å². The highest BCUT2D eigenvalue weighted by Gasteiger charge is 2.29. The lowest BCUT2D eigenvalue weighted by atomic mass is 9.96. The topological polar surface area (TPSA) is 109 Å². The molecule has 0 unspecified atom stereocenters. The van der Waals surface area contributed by atoms with E-state index in [1.54, 1.807) is 9.80 Å². The number of carbonyl (C=O) groups is 3. The number of amides is 4. The number of rotatable bonds is 7. The zero-order valence-electron chi connectivity index (χ0n) is 18.8. The molecule has 2 rings (SSSR count). The van der Waals surface area contributed by atoms with Gasteiger partial charge in [-0.3, -0.25) is 20.4 Å². The lowest BCUT2D eigenvalue weighted by Gasteiger charge is -2.34. The van der Waals surface area contributed by atoms with Crippen LogP contribution in [0.2, 0.25) is 0 Å². The molecule has 10 heteroatoms. The predicted molar refractivity (Wildman–Crippen MR) is 114 cm³/mol. The van der Waals surface area contributed by atoms with Crippen molar-refractivity contribution in [3.63, 3.8) is 0 Å². The van der Waals surface area contributed by atoms with Gasteiger partial charge < -0.3 is 24.0 Å². The summed E-state index contributed by atoms with van der Waals surface area (Å²) >= 11 is 0. The van der Waals surface area contributed by atoms with Crippen LogP contribution in [0.3, 0.4) is 0 Å². The van der Waals surface area contributed by atoms with E-state index in [4.69, 9.17) is 14.2 Å². The number of ether oxygens (including phenoxy) is 3. The highest BCUT2D eigenvalue weighted by Crippen LogP contribution is 2.38. The summed E-state index contributed by atoms with van der Waals surface area (Å²) in [4.78, 5) is 41.0. The first-order valence-electron chi connectivity index (χ1n) is 10.3. The Bertz CT molecular complexity index is 763. The molecule has 4 amide bonds. The number of urea groups is 1. The molecular weight excluding hydrogens is 404 g/mol. The number of hydrazine groups is 1. The van der Waals surface area contributed by atoms with Crippen LogP contribution < -0.4 is 25.1 Å². The van der Waals surface area contributed by atoms with Gasteiger partial charge in [-0.1, -0.05) is 0 Å². The lowest BCUT2D eigenvalue weighted by molar-refractivity contribution is -0.127. The Morgan fingerprint density at radius 1 is 0.968 bits per heavy atom. The molecule has 0 aliphatic carbocycles. The highest BCUT2D eigenvalue weighted by atomic mass is 16.5. The first-order valence-corrected chi connectivity index (χ1v) is 10.3. The Labute approximate surface area is 182 Å². The van der Waals surface area contributed by atoms with Crippen LogP contribution in [-0.2, 0) is 4.79 Å². The van der Waals surface area contributed by atoms with E-state index < -0.39 is 5.91 Å². The molecule has 1 aromatic rings. The van der Waals surface area contributed by atoms with Crippen molar-refractivity contribution in [2.45, 2.75) is 26.7 Å². The third-order valence-corrected chi connectivity index (χ3v) is 5.40. The molecule has 1 aromatic carbocycles. The van der Waals surface area contributed by atoms with Crippen LogP contribution in [0.25, 0.3) is 0 Å². The maximum absolute atomic E-state index is 12.5. The second kappa shape index (κ2) is 11.3. The molecule has 0 saturated carbocycles. The summed E-state index contributed by atoms with van der Waals surface area (Å²) in [6, 6.07) is 3.00. The Morgan fingerprint density at radius 2 is 1.52 bits per heavy atom. The average Bonchev–Trinajstić information content (AvgIpc) is 2.81. The summed E-state index contributed by atoms with van der Waals surface area (Å²) in [6.07, 6.45) is 1.08. The third-order valence-electron chi connectivity index (χ3n) is 5.40. The van der Waals surface area contributed by atoms with Crippen LogP contribution in [0, 0.1) is 5.92 Å². The Morgan fingerprint density at radius 3 is 1.97 bits per heavy atom. The van der Waals surface area contributed by atoms with Gasteiger partial charge in [0.15, 0.2) is 11.5 Å². The normalized spacial score (nSPS) is 13.9. The zero-order valence-corrected chi connectivity index (χ0v) is 18.8. The molecule has 1 fully saturated rings. The van der Waals surface area contributed by atoms with Crippen LogP contribution in [0.1, 0.15) is 37.0 Å². The quantitative estimate of drug-likeness (QED) is 0.629. The van der Waals surface area contributed by atoms with Crippen LogP contribution in [0.5, 0.6) is 17.2 Å². The Balaban J connectivity index is 1.92. The van der Waals surface area contributed by atoms with Crippen molar-refractivity contribution >= 4 is 17.8 Å². The fourth-order valence-electron chi connectivity index (χ4n) is 3.53. The summed E-state index contributed by atoms with van der Waals surface area (Å²) in [5.74, 6) is -0.0257. The van der Waals surface area contributed by atoms with Gasteiger partial charge in [-0.2, -0.15) is 0 Å². The smallest absolute Gasteiger partial charge is 0.319 e. The number of hydrogen-bond acceptors (Lipinski definition) is 6. The first kappa shape index (κ1) is 24.1. The van der Waals surface area contributed by atoms with Gasteiger partial charge in [-0.25, -0.2) is 4.79 Å². The van der Waals surface area contributed by atoms with E-state index in [0.29, 0.717) is 56.3 Å². The van der Waals surface area contributed by atoms with E-state index in [9.17, 15) is 14.4 Å². The number of piperidine rings is 1. The van der Waals surface area contributed by atoms with E-state index in [-0.39, 0.29) is 23.4 Å². The molecule has 1 aliphatic heterocycles. The summed E-state index contributed by atoms with van der Waals surface area (Å²) in [5.41, 5.74) is 5.15. The van der Waals surface area contributed by atoms with Crippen molar-refractivity contribution in [2.75, 3.05) is 47.5 Å². The number of carbonyl (C=O) groups excluding carboxylic acids is 3. The lowest BCUT2D eigenvalue weighted by Crippen LogP contribution is -2.50. The third kappa shape index (κ3) is 5.71. The molecule has 0 bridgehead atoms. The van der Waals surface area contributed by atoms with Gasteiger partial charge in [0, 0.05) is 37.7 Å². The largest absolute Gasteiger partial charge is 0.493 e. The fraction of sp³-hybridized carbons (Fsp3) is 0.571. The molecule has 0 spiro atoms. The number of nitrogens with zero attached hydrogens (tertiary/aromatic N) is 2. The number of likely N-dealkylation sites (tertiary alicyclic amines) is 1. The summed E-state index contributed by atoms with van der Waals surface area (Å²) in [7, 11) is 4.39. The maximum atomic E-state index is 12.5. The Kier molecular flexibility index (Phi) is 8.77. The fourth-order valence-corrected chi connectivity index (χ4v) is 3.53. The van der Waals surface area contributed by atoms with Gasteiger partial charge in [0.25, 0.3) is 5.91 Å². The summed E-state index contributed by atoms with van der Waals surface area (Å²) in [6.45, 7) is 6.21. The van der Waals surface area contributed by atoms with Gasteiger partial charge in [-0.15, -0.1) is 0 Å². The minimum atomic E-state index is -0.512. The molecule has 1 heterocycles. The number of benzene rings is 1. The van der Waals surface area contributed by atoms with E-state index >= 15 is 0 Å². The van der Waals surface area contributed by atoms with Gasteiger partial charge in [0.2, 0.25) is 11.7 Å². The monoisotopic (exact) mass is 436 g/mol. The molecule has 172 valence electrons. The van der Waals surface area contributed by atoms with Crippen molar-refractivity contribution < 1.29 is 28.6 Å². The molecular formula is C21H32N4O6. The van der Waals surface area contributed by atoms with Crippen LogP contribution in [0.4, 0.5) is 4.79 Å². The summed E-state index contributed by atoms with van der Waals surface area (Å²) < 4.78 is 15.7. The van der Waals surface area contributed by atoms with E-state index in [1.807, 2.05) is 13.8 Å². The molecule has 0 aromatic heterocycles. The molecule has 2 N–H and O–H groups in total. The van der Waals surface area contributed by atoms with Crippen molar-refractivity contribution in [2.24, 2.45) is 5.92 Å². The summed E-state index contributed by atoms with van der Waals surface area (Å²) in [5, 5.41) is 0. The van der Waals surface area contributed by atoms with Gasteiger partial charge in [-0.05, 0) is 38.8 Å². The van der Waals surface area contributed by atoms with Gasteiger partial charge in [0.1, 0.15) is 0 Å². The van der Waals surface area contributed by atoms with Crippen LogP contribution in [0.15, 0.2) is 12.1 Å². The maximum Gasteiger partial charge on any atom is 0.319 e. The number of hydrogen-bond donors (Lipinski definition) is 2. The number of nitrogens with one attached hydrogen (secondary N) is 2. The highest BCUT2D eigenvalue weighted by molar-refractivity contribution is 5.96. The van der Waals surface area contributed by atoms with Crippen molar-refractivity contribution in [3.8, 4) is 17.2 Å². The van der Waals surface area contributed by atoms with Crippen LogP contribution >= 0.6 is 0 Å².